The van der Waals surface area contributed by atoms with Crippen LogP contribution in [0.2, 0.25) is 0 Å². The number of rotatable bonds is 1. The Labute approximate surface area is 83.5 Å². The van der Waals surface area contributed by atoms with Gasteiger partial charge in [-0.2, -0.15) is 0 Å². The number of hydrogen-bond acceptors (Lipinski definition) is 3. The van der Waals surface area contributed by atoms with Gasteiger partial charge in [-0.3, -0.25) is 4.98 Å². The van der Waals surface area contributed by atoms with Crippen molar-refractivity contribution in [2.75, 3.05) is 0 Å². The number of carboxylic acids is 1. The minimum atomic E-state index is -1.05. The molecule has 0 atom stereocenters. The third-order valence-corrected chi connectivity index (χ3v) is 0.782. The van der Waals surface area contributed by atoms with Crippen LogP contribution in [0.25, 0.3) is 0 Å². The van der Waals surface area contributed by atoms with E-state index in [1.807, 2.05) is 0 Å². The van der Waals surface area contributed by atoms with E-state index in [9.17, 15) is 4.79 Å². The van der Waals surface area contributed by atoms with Gasteiger partial charge in [0.2, 0.25) is 0 Å². The first-order valence-electron chi connectivity index (χ1n) is 2.53. The van der Waals surface area contributed by atoms with Crippen LogP contribution >= 0.6 is 20.2 Å². The quantitative estimate of drug-likeness (QED) is 0.777. The van der Waals surface area contributed by atoms with Crippen molar-refractivity contribution in [2.45, 2.75) is 0 Å². The van der Waals surface area contributed by atoms with E-state index in [0.717, 1.165) is 13.1 Å². The van der Waals surface area contributed by atoms with Crippen molar-refractivity contribution in [2.24, 2.45) is 0 Å². The standard InChI is InChI=1S/C5H4N2O2.2ClH.Cu/c8-5(9)4-3-6-1-2-7-4;;;/h1-3H,(H,8,9);2*1H;/q;;;+2/p-2. The maximum absolute atomic E-state index is 10.1. The van der Waals surface area contributed by atoms with Crippen LogP contribution in [0.1, 0.15) is 10.5 Å². The summed E-state index contributed by atoms with van der Waals surface area (Å²) in [5, 5.41) is 8.28. The number of hydrogen-bond donors (Lipinski definition) is 1. The van der Waals surface area contributed by atoms with E-state index in [-0.39, 0.29) is 5.69 Å². The molecule has 7 heteroatoms. The van der Waals surface area contributed by atoms with Gasteiger partial charge in [0.05, 0.1) is 6.20 Å². The molecule has 0 aliphatic rings. The summed E-state index contributed by atoms with van der Waals surface area (Å²) in [5.41, 5.74) is -0.0301. The Morgan fingerprint density at radius 1 is 1.50 bits per heavy atom. The number of aromatic nitrogens is 2. The van der Waals surface area contributed by atoms with Crippen LogP contribution in [0.5, 0.6) is 0 Å². The molecule has 12 heavy (non-hydrogen) atoms. The van der Waals surface area contributed by atoms with E-state index >= 15 is 0 Å². The van der Waals surface area contributed by atoms with E-state index in [0.29, 0.717) is 0 Å². The average molecular weight is 259 g/mol. The molecule has 0 saturated heterocycles. The fraction of sp³-hybridized carbons (Fsp3) is 0. The Morgan fingerprint density at radius 3 is 2.33 bits per heavy atom. The van der Waals surface area contributed by atoms with E-state index in [1.165, 1.54) is 18.6 Å². The Bertz CT molecular complexity index is 234. The molecule has 0 spiro atoms. The molecule has 0 amide bonds. The van der Waals surface area contributed by atoms with Crippen molar-refractivity contribution in [1.82, 2.24) is 9.97 Å². The van der Waals surface area contributed by atoms with Gasteiger partial charge in [-0.1, -0.05) is 0 Å². The number of aromatic carboxylic acids is 1. The fourth-order valence-electron chi connectivity index (χ4n) is 0.410. The SMILES string of the molecule is O=C(O)c1cnccn1.[Cl][Cu][Cl]. The second-order valence-electron chi connectivity index (χ2n) is 1.44. The molecule has 1 aromatic rings. The summed E-state index contributed by atoms with van der Waals surface area (Å²) in [6.45, 7) is 0. The van der Waals surface area contributed by atoms with Crippen molar-refractivity contribution in [3.8, 4) is 0 Å². The zero-order valence-corrected chi connectivity index (χ0v) is 7.99. The normalized spacial score (nSPS) is 8.50. The summed E-state index contributed by atoms with van der Waals surface area (Å²) < 4.78 is 0. The van der Waals surface area contributed by atoms with Crippen LogP contribution in [0, 0.1) is 0 Å². The first kappa shape index (κ1) is 11.6. The van der Waals surface area contributed by atoms with Crippen LogP contribution in [0.4, 0.5) is 0 Å². The fourth-order valence-corrected chi connectivity index (χ4v) is 0.410. The van der Waals surface area contributed by atoms with Gasteiger partial charge < -0.3 is 5.11 Å². The second kappa shape index (κ2) is 7.31. The Hall–Kier alpha value is -0.351. The Balaban J connectivity index is 0.000000354. The summed E-state index contributed by atoms with van der Waals surface area (Å²) in [6.07, 6.45) is 3.96. The summed E-state index contributed by atoms with van der Waals surface area (Å²) in [4.78, 5) is 17.2. The van der Waals surface area contributed by atoms with Crippen LogP contribution in [0.15, 0.2) is 18.6 Å². The molecule has 71 valence electrons. The van der Waals surface area contributed by atoms with Gasteiger partial charge in [0.15, 0.2) is 5.69 Å². The van der Waals surface area contributed by atoms with Crippen molar-refractivity contribution >= 4 is 26.2 Å². The predicted molar refractivity (Wildman–Crippen MR) is 40.7 cm³/mol. The molecule has 0 aliphatic carbocycles. The summed E-state index contributed by atoms with van der Waals surface area (Å²) >= 11 is 0.757. The van der Waals surface area contributed by atoms with Crippen molar-refractivity contribution in [3.63, 3.8) is 0 Å². The number of halogens is 2. The molecule has 1 N–H and O–H groups in total. The van der Waals surface area contributed by atoms with E-state index < -0.39 is 5.97 Å². The molecule has 1 rings (SSSR count). The monoisotopic (exact) mass is 257 g/mol. The zero-order chi connectivity index (χ0) is 9.40. The molecule has 0 fully saturated rings. The average Bonchev–Trinajstić information content (AvgIpc) is 2.07. The minimum absolute atomic E-state index is 0.0301. The van der Waals surface area contributed by atoms with Gasteiger partial charge in [-0.25, -0.2) is 9.78 Å². The molecule has 0 radical (unpaired) electrons. The number of carboxylic acid groups (broad SMARTS) is 1. The van der Waals surface area contributed by atoms with E-state index in [2.05, 4.69) is 30.2 Å². The molecular weight excluding hydrogens is 255 g/mol. The first-order valence-corrected chi connectivity index (χ1v) is 5.12. The predicted octanol–water partition coefficient (Wildman–Crippen LogP) is 1.55. The molecule has 1 aromatic heterocycles. The Morgan fingerprint density at radius 2 is 2.08 bits per heavy atom. The zero-order valence-electron chi connectivity index (χ0n) is 5.54. The number of carbonyl (C=O) groups is 1. The van der Waals surface area contributed by atoms with Crippen LogP contribution in [-0.4, -0.2) is 21.0 Å². The molecular formula is C5H4Cl2CuN2O2. The third-order valence-electron chi connectivity index (χ3n) is 0.782. The van der Waals surface area contributed by atoms with Crippen LogP contribution < -0.4 is 0 Å². The van der Waals surface area contributed by atoms with E-state index in [4.69, 9.17) is 5.11 Å². The van der Waals surface area contributed by atoms with Gasteiger partial charge >= 0.3 is 39.3 Å². The third kappa shape index (κ3) is 5.32. The Kier molecular flexibility index (Phi) is 7.09. The van der Waals surface area contributed by atoms with Crippen molar-refractivity contribution < 1.29 is 23.0 Å². The molecule has 4 nitrogen and oxygen atoms in total. The molecule has 0 aliphatic heterocycles. The second-order valence-corrected chi connectivity index (χ2v) is 2.99. The van der Waals surface area contributed by atoms with Gasteiger partial charge in [0, 0.05) is 12.4 Å². The topological polar surface area (TPSA) is 63.1 Å². The van der Waals surface area contributed by atoms with Gasteiger partial charge in [-0.15, -0.1) is 0 Å². The van der Waals surface area contributed by atoms with Gasteiger partial charge in [0.25, 0.3) is 0 Å². The summed E-state index contributed by atoms with van der Waals surface area (Å²) in [7, 11) is 9.34. The summed E-state index contributed by atoms with van der Waals surface area (Å²) in [6, 6.07) is 0. The number of nitrogens with zero attached hydrogens (tertiary/aromatic N) is 2. The van der Waals surface area contributed by atoms with Gasteiger partial charge in [-0.05, 0) is 0 Å². The first-order chi connectivity index (χ1) is 5.72. The van der Waals surface area contributed by atoms with Gasteiger partial charge in [0.1, 0.15) is 0 Å². The molecule has 0 aromatic carbocycles. The molecule has 0 unspecified atom stereocenters. The van der Waals surface area contributed by atoms with Crippen LogP contribution in [0.3, 0.4) is 0 Å². The van der Waals surface area contributed by atoms with Crippen LogP contribution in [-0.2, 0) is 13.1 Å². The van der Waals surface area contributed by atoms with Crippen molar-refractivity contribution in [3.05, 3.63) is 24.3 Å². The van der Waals surface area contributed by atoms with Crippen molar-refractivity contribution in [1.29, 1.82) is 0 Å². The maximum atomic E-state index is 10.1. The van der Waals surface area contributed by atoms with E-state index in [1.54, 1.807) is 0 Å². The molecule has 1 heterocycles. The molecule has 0 saturated carbocycles. The molecule has 0 bridgehead atoms. The summed E-state index contributed by atoms with van der Waals surface area (Å²) in [5.74, 6) is -1.05.